The Hall–Kier alpha value is -2.83. The normalized spacial score (nSPS) is 12.6. The van der Waals surface area contributed by atoms with E-state index in [1.807, 2.05) is 54.6 Å². The summed E-state index contributed by atoms with van der Waals surface area (Å²) in [6.45, 7) is 0. The summed E-state index contributed by atoms with van der Waals surface area (Å²) in [5, 5.41) is 17.1. The number of guanidine groups is 1. The maximum absolute atomic E-state index is 10.1. The van der Waals surface area contributed by atoms with Crippen LogP contribution in [-0.4, -0.2) is 11.1 Å². The summed E-state index contributed by atoms with van der Waals surface area (Å²) in [5.41, 5.74) is 3.35. The zero-order valence-corrected chi connectivity index (χ0v) is 15.1. The minimum absolute atomic E-state index is 0.0558. The molecular formula is C19H15ClN4OS. The first kappa shape index (κ1) is 16.6. The second kappa shape index (κ2) is 7.19. The Kier molecular flexibility index (Phi) is 4.60. The highest BCUT2D eigenvalue weighted by molar-refractivity contribution is 7.98. The molecular weight excluding hydrogens is 368 g/mol. The number of phenolic OH excluding ortho intramolecular Hbond substituents is 1. The summed E-state index contributed by atoms with van der Waals surface area (Å²) >= 11 is 7.31. The number of rotatable bonds is 3. The van der Waals surface area contributed by atoms with E-state index in [1.54, 1.807) is 6.07 Å². The van der Waals surface area contributed by atoms with Gasteiger partial charge < -0.3 is 15.7 Å². The van der Waals surface area contributed by atoms with Crippen molar-refractivity contribution in [2.45, 2.75) is 4.90 Å². The maximum Gasteiger partial charge on any atom is 0.211 e. The first-order valence-electron chi connectivity index (χ1n) is 7.90. The molecule has 0 spiro atoms. The number of aromatic hydroxyl groups is 1. The molecule has 0 amide bonds. The topological polar surface area (TPSA) is 68.7 Å². The van der Waals surface area contributed by atoms with Crippen LogP contribution in [0.25, 0.3) is 0 Å². The zero-order chi connectivity index (χ0) is 17.9. The number of hydrogen-bond acceptors (Lipinski definition) is 6. The predicted molar refractivity (Wildman–Crippen MR) is 109 cm³/mol. The third kappa shape index (κ3) is 3.71. The van der Waals surface area contributed by atoms with E-state index < -0.39 is 0 Å². The first-order chi connectivity index (χ1) is 12.7. The average molecular weight is 383 g/mol. The van der Waals surface area contributed by atoms with E-state index in [-0.39, 0.29) is 5.75 Å². The van der Waals surface area contributed by atoms with Crippen molar-refractivity contribution in [3.63, 3.8) is 0 Å². The Labute approximate surface area is 160 Å². The molecule has 1 aliphatic rings. The van der Waals surface area contributed by atoms with Gasteiger partial charge in [-0.3, -0.25) is 4.72 Å². The van der Waals surface area contributed by atoms with E-state index in [4.69, 9.17) is 11.6 Å². The minimum Gasteiger partial charge on any atom is -0.506 e. The zero-order valence-electron chi connectivity index (χ0n) is 13.5. The van der Waals surface area contributed by atoms with Gasteiger partial charge in [-0.25, -0.2) is 4.99 Å². The van der Waals surface area contributed by atoms with Gasteiger partial charge in [0.15, 0.2) is 0 Å². The Balaban J connectivity index is 1.54. The Bertz CT molecular complexity index is 979. The van der Waals surface area contributed by atoms with Gasteiger partial charge in [0.25, 0.3) is 0 Å². The number of aliphatic imine (C=N–C) groups is 1. The van der Waals surface area contributed by atoms with E-state index in [0.717, 1.165) is 22.0 Å². The van der Waals surface area contributed by atoms with Crippen LogP contribution in [0.15, 0.2) is 76.6 Å². The summed E-state index contributed by atoms with van der Waals surface area (Å²) in [7, 11) is 0. The molecule has 0 bridgehead atoms. The van der Waals surface area contributed by atoms with E-state index in [9.17, 15) is 5.11 Å². The van der Waals surface area contributed by atoms with Crippen molar-refractivity contribution in [3.8, 4) is 5.75 Å². The molecule has 0 saturated carbocycles. The number of nitrogens with one attached hydrogen (secondary N) is 3. The van der Waals surface area contributed by atoms with Gasteiger partial charge >= 0.3 is 0 Å². The van der Waals surface area contributed by atoms with Crippen LogP contribution in [0.1, 0.15) is 0 Å². The summed E-state index contributed by atoms with van der Waals surface area (Å²) in [6.07, 6.45) is 0. The molecule has 130 valence electrons. The van der Waals surface area contributed by atoms with Gasteiger partial charge in [0.2, 0.25) is 5.96 Å². The second-order valence-corrected chi connectivity index (χ2v) is 6.92. The summed E-state index contributed by atoms with van der Waals surface area (Å²) in [6, 6.07) is 21.1. The number of anilines is 3. The third-order valence-corrected chi connectivity index (χ3v) is 4.73. The number of para-hydroxylation sites is 1. The van der Waals surface area contributed by atoms with Crippen molar-refractivity contribution in [1.29, 1.82) is 0 Å². The summed E-state index contributed by atoms with van der Waals surface area (Å²) < 4.78 is 3.11. The van der Waals surface area contributed by atoms with Crippen LogP contribution in [0.4, 0.5) is 22.7 Å². The van der Waals surface area contributed by atoms with Gasteiger partial charge in [-0.2, -0.15) is 0 Å². The fourth-order valence-electron chi connectivity index (χ4n) is 2.54. The Morgan fingerprint density at radius 1 is 0.885 bits per heavy atom. The van der Waals surface area contributed by atoms with Crippen LogP contribution >= 0.6 is 23.5 Å². The highest BCUT2D eigenvalue weighted by Gasteiger charge is 2.17. The largest absolute Gasteiger partial charge is 0.506 e. The SMILES string of the molecule is Oc1cc(Cl)cc2c1N=C(Nc1cccc(Nc3ccccc3)c1)NS2. The second-order valence-electron chi connectivity index (χ2n) is 5.63. The lowest BCUT2D eigenvalue weighted by atomic mass is 10.2. The number of benzene rings is 3. The highest BCUT2D eigenvalue weighted by atomic mass is 35.5. The number of halogens is 1. The van der Waals surface area contributed by atoms with Crippen molar-refractivity contribution in [3.05, 3.63) is 71.8 Å². The van der Waals surface area contributed by atoms with E-state index >= 15 is 0 Å². The van der Waals surface area contributed by atoms with Crippen LogP contribution in [0.5, 0.6) is 5.75 Å². The molecule has 4 N–H and O–H groups in total. The first-order valence-corrected chi connectivity index (χ1v) is 9.10. The van der Waals surface area contributed by atoms with Gasteiger partial charge in [0, 0.05) is 28.2 Å². The molecule has 0 aromatic heterocycles. The van der Waals surface area contributed by atoms with Crippen molar-refractivity contribution in [1.82, 2.24) is 4.72 Å². The number of fused-ring (bicyclic) bond motifs is 1. The van der Waals surface area contributed by atoms with Gasteiger partial charge in [-0.05, 0) is 48.3 Å². The predicted octanol–water partition coefficient (Wildman–Crippen LogP) is 5.50. The molecule has 0 atom stereocenters. The van der Waals surface area contributed by atoms with E-state index in [2.05, 4.69) is 20.3 Å². The van der Waals surface area contributed by atoms with Crippen LogP contribution in [0, 0.1) is 0 Å². The maximum atomic E-state index is 10.1. The van der Waals surface area contributed by atoms with E-state index in [1.165, 1.54) is 18.0 Å². The molecule has 0 radical (unpaired) electrons. The van der Waals surface area contributed by atoms with Gasteiger partial charge in [0.1, 0.15) is 11.4 Å². The Morgan fingerprint density at radius 2 is 1.62 bits per heavy atom. The lowest BCUT2D eigenvalue weighted by Crippen LogP contribution is -2.26. The van der Waals surface area contributed by atoms with Crippen LogP contribution in [-0.2, 0) is 0 Å². The molecule has 4 rings (SSSR count). The van der Waals surface area contributed by atoms with Crippen LogP contribution < -0.4 is 15.4 Å². The monoisotopic (exact) mass is 382 g/mol. The minimum atomic E-state index is 0.0558. The van der Waals surface area contributed by atoms with Crippen LogP contribution in [0.3, 0.4) is 0 Å². The molecule has 1 aliphatic heterocycles. The Morgan fingerprint density at radius 3 is 2.42 bits per heavy atom. The standard InChI is InChI=1S/C19H15ClN4OS/c20-12-9-16(25)18-17(10-12)26-24-19(23-18)22-15-8-4-7-14(11-15)21-13-5-2-1-3-6-13/h1-11,21,25H,(H2,22,23,24). The number of phenols is 1. The highest BCUT2D eigenvalue weighted by Crippen LogP contribution is 2.41. The van der Waals surface area contributed by atoms with Crippen molar-refractivity contribution in [2.24, 2.45) is 4.99 Å². The fourth-order valence-corrected chi connectivity index (χ4v) is 3.55. The summed E-state index contributed by atoms with van der Waals surface area (Å²) in [4.78, 5) is 5.22. The van der Waals surface area contributed by atoms with Gasteiger partial charge in [-0.15, -0.1) is 0 Å². The fraction of sp³-hybridized carbons (Fsp3) is 0. The van der Waals surface area contributed by atoms with Crippen molar-refractivity contribution in [2.75, 3.05) is 10.6 Å². The molecule has 0 fully saturated rings. The van der Waals surface area contributed by atoms with Crippen LogP contribution in [0.2, 0.25) is 5.02 Å². The molecule has 0 unspecified atom stereocenters. The average Bonchev–Trinajstić information content (AvgIpc) is 2.63. The van der Waals surface area contributed by atoms with Gasteiger partial charge in [-0.1, -0.05) is 35.9 Å². The smallest absolute Gasteiger partial charge is 0.211 e. The number of nitrogens with zero attached hydrogens (tertiary/aromatic N) is 1. The number of hydrogen-bond donors (Lipinski definition) is 4. The lowest BCUT2D eigenvalue weighted by Gasteiger charge is -2.19. The quantitative estimate of drug-likeness (QED) is 0.450. The lowest BCUT2D eigenvalue weighted by molar-refractivity contribution is 0.475. The van der Waals surface area contributed by atoms with Crippen molar-refractivity contribution < 1.29 is 5.11 Å². The molecule has 26 heavy (non-hydrogen) atoms. The van der Waals surface area contributed by atoms with E-state index in [0.29, 0.717) is 16.7 Å². The molecule has 3 aromatic rings. The van der Waals surface area contributed by atoms with Gasteiger partial charge in [0.05, 0.1) is 4.90 Å². The molecule has 3 aromatic carbocycles. The third-order valence-electron chi connectivity index (χ3n) is 3.69. The summed E-state index contributed by atoms with van der Waals surface area (Å²) in [5.74, 6) is 0.595. The van der Waals surface area contributed by atoms with Crippen molar-refractivity contribution >= 4 is 52.3 Å². The molecule has 5 nitrogen and oxygen atoms in total. The molecule has 0 aliphatic carbocycles. The molecule has 0 saturated heterocycles. The molecule has 1 heterocycles. The molecule has 7 heteroatoms.